The molecule has 3 aromatic rings. The molecule has 1 aromatic heterocycles. The Hall–Kier alpha value is -3.66. The lowest BCUT2D eigenvalue weighted by molar-refractivity contribution is -0.384. The monoisotopic (exact) mass is 440 g/mol. The molecule has 160 valence electrons. The van der Waals surface area contributed by atoms with Crippen LogP contribution in [0.5, 0.6) is 11.5 Å². The van der Waals surface area contributed by atoms with Crippen LogP contribution in [0, 0.1) is 17.0 Å². The molecule has 2 N–H and O–H groups in total. The molecule has 4 rings (SSSR count). The summed E-state index contributed by atoms with van der Waals surface area (Å²) in [4.78, 5) is 28.4. The third-order valence-corrected chi connectivity index (χ3v) is 5.78. The number of carbonyl (C=O) groups is 1. The summed E-state index contributed by atoms with van der Waals surface area (Å²) in [5.74, 6) is 1.26. The lowest BCUT2D eigenvalue weighted by Gasteiger charge is -2.06. The van der Waals surface area contributed by atoms with Gasteiger partial charge < -0.3 is 20.1 Å². The number of ether oxygens (including phenoxy) is 2. The number of hydrogen-bond donors (Lipinski definition) is 2. The predicted molar refractivity (Wildman–Crippen MR) is 117 cm³/mol. The minimum atomic E-state index is -0.456. The first-order valence-electron chi connectivity index (χ1n) is 9.61. The molecule has 1 aliphatic heterocycles. The van der Waals surface area contributed by atoms with Gasteiger partial charge in [0.25, 0.3) is 5.69 Å². The number of nitrogens with zero attached hydrogens (tertiary/aromatic N) is 2. The summed E-state index contributed by atoms with van der Waals surface area (Å²) >= 11 is 1.43. The van der Waals surface area contributed by atoms with Crippen molar-refractivity contribution in [3.8, 4) is 11.5 Å². The molecule has 9 nitrogen and oxygen atoms in total. The van der Waals surface area contributed by atoms with Crippen LogP contribution < -0.4 is 20.1 Å². The molecule has 10 heteroatoms. The maximum absolute atomic E-state index is 12.3. The van der Waals surface area contributed by atoms with Gasteiger partial charge in [-0.3, -0.25) is 14.9 Å². The molecule has 31 heavy (non-hydrogen) atoms. The molecule has 0 atom stereocenters. The number of para-hydroxylation sites is 2. The van der Waals surface area contributed by atoms with Crippen LogP contribution in [-0.2, 0) is 11.2 Å². The number of thiazole rings is 1. The Bertz CT molecular complexity index is 1130. The topological polar surface area (TPSA) is 116 Å². The van der Waals surface area contributed by atoms with Gasteiger partial charge in [0.2, 0.25) is 12.7 Å². The molecular weight excluding hydrogens is 420 g/mol. The summed E-state index contributed by atoms with van der Waals surface area (Å²) < 4.78 is 10.8. The number of hydrogen-bond acceptors (Lipinski definition) is 8. The maximum Gasteiger partial charge on any atom is 0.292 e. The smallest absolute Gasteiger partial charge is 0.292 e. The predicted octanol–water partition coefficient (Wildman–Crippen LogP) is 4.12. The van der Waals surface area contributed by atoms with E-state index in [2.05, 4.69) is 15.6 Å². The van der Waals surface area contributed by atoms with Crippen molar-refractivity contribution in [3.05, 3.63) is 68.7 Å². The van der Waals surface area contributed by atoms with Gasteiger partial charge in [-0.05, 0) is 30.7 Å². The maximum atomic E-state index is 12.3. The average molecular weight is 440 g/mol. The Morgan fingerprint density at radius 3 is 2.87 bits per heavy atom. The number of aromatic nitrogens is 1. The first kappa shape index (κ1) is 20.6. The molecule has 1 amide bonds. The van der Waals surface area contributed by atoms with Crippen LogP contribution in [0.4, 0.5) is 16.5 Å². The number of nitro benzene ring substituents is 1. The second kappa shape index (κ2) is 9.00. The van der Waals surface area contributed by atoms with E-state index in [0.717, 1.165) is 27.6 Å². The minimum absolute atomic E-state index is 0.0217. The highest BCUT2D eigenvalue weighted by atomic mass is 32.1. The molecule has 1 aliphatic rings. The van der Waals surface area contributed by atoms with Crippen molar-refractivity contribution in [1.29, 1.82) is 0 Å². The lowest BCUT2D eigenvalue weighted by atomic mass is 10.1. The van der Waals surface area contributed by atoms with Crippen LogP contribution in [0.2, 0.25) is 0 Å². The molecule has 0 bridgehead atoms. The largest absolute Gasteiger partial charge is 0.454 e. The molecule has 0 fully saturated rings. The van der Waals surface area contributed by atoms with Gasteiger partial charge >= 0.3 is 0 Å². The Morgan fingerprint density at radius 2 is 2.03 bits per heavy atom. The summed E-state index contributed by atoms with van der Waals surface area (Å²) in [7, 11) is 0. The van der Waals surface area contributed by atoms with Gasteiger partial charge in [0.1, 0.15) is 5.69 Å². The number of aryl methyl sites for hydroxylation is 1. The third-order valence-electron chi connectivity index (χ3n) is 4.71. The quantitative estimate of drug-likeness (QED) is 0.400. The van der Waals surface area contributed by atoms with E-state index in [1.807, 2.05) is 25.1 Å². The zero-order valence-electron chi connectivity index (χ0n) is 16.7. The van der Waals surface area contributed by atoms with Crippen molar-refractivity contribution >= 4 is 33.8 Å². The first-order chi connectivity index (χ1) is 15.0. The molecule has 2 heterocycles. The van der Waals surface area contributed by atoms with Gasteiger partial charge in [-0.15, -0.1) is 11.3 Å². The number of carbonyl (C=O) groups excluding carboxylic acids is 1. The van der Waals surface area contributed by atoms with Crippen LogP contribution in [0.3, 0.4) is 0 Å². The highest BCUT2D eigenvalue weighted by Crippen LogP contribution is 2.34. The normalized spacial score (nSPS) is 11.9. The molecule has 0 saturated carbocycles. The molecule has 0 aliphatic carbocycles. The summed E-state index contributed by atoms with van der Waals surface area (Å²) in [5.41, 5.74) is 2.29. The Labute approximate surface area is 182 Å². The summed E-state index contributed by atoms with van der Waals surface area (Å²) in [6.07, 6.45) is 0.831. The Balaban J connectivity index is 1.32. The van der Waals surface area contributed by atoms with E-state index in [0.29, 0.717) is 17.2 Å². The fourth-order valence-corrected chi connectivity index (χ4v) is 4.17. The third kappa shape index (κ3) is 4.92. The van der Waals surface area contributed by atoms with E-state index in [4.69, 9.17) is 9.47 Å². The highest BCUT2D eigenvalue weighted by molar-refractivity contribution is 7.15. The van der Waals surface area contributed by atoms with Crippen LogP contribution >= 0.6 is 11.3 Å². The number of nitro groups is 1. The molecule has 2 aromatic carbocycles. The zero-order chi connectivity index (χ0) is 21.8. The Kier molecular flexibility index (Phi) is 5.99. The number of fused-ring (bicyclic) bond motifs is 1. The van der Waals surface area contributed by atoms with Crippen molar-refractivity contribution < 1.29 is 19.2 Å². The number of amides is 1. The number of anilines is 2. The van der Waals surface area contributed by atoms with Crippen molar-refractivity contribution in [3.63, 3.8) is 0 Å². The minimum Gasteiger partial charge on any atom is -0.454 e. The standard InChI is InChI=1S/C21H20N4O5S/c1-13-19(11-14-6-7-17-18(10-14)30-12-29-17)31-21(23-13)24-20(26)8-9-22-15-4-2-3-5-16(15)25(27)28/h2-7,10,22H,8-9,11-12H2,1H3,(H,23,24,26). The fourth-order valence-electron chi connectivity index (χ4n) is 3.16. The van der Waals surface area contributed by atoms with E-state index < -0.39 is 4.92 Å². The zero-order valence-corrected chi connectivity index (χ0v) is 17.5. The van der Waals surface area contributed by atoms with Crippen LogP contribution in [0.15, 0.2) is 42.5 Å². The second-order valence-electron chi connectivity index (χ2n) is 6.89. The van der Waals surface area contributed by atoms with Gasteiger partial charge in [-0.2, -0.15) is 0 Å². The van der Waals surface area contributed by atoms with Gasteiger partial charge in [-0.25, -0.2) is 4.98 Å². The van der Waals surface area contributed by atoms with Gasteiger partial charge in [0, 0.05) is 30.3 Å². The number of rotatable bonds is 8. The van der Waals surface area contributed by atoms with E-state index in [9.17, 15) is 14.9 Å². The van der Waals surface area contributed by atoms with Crippen LogP contribution in [0.1, 0.15) is 22.6 Å². The lowest BCUT2D eigenvalue weighted by Crippen LogP contribution is -2.16. The van der Waals surface area contributed by atoms with Crippen molar-refractivity contribution in [1.82, 2.24) is 4.98 Å². The Morgan fingerprint density at radius 1 is 1.23 bits per heavy atom. The molecule has 0 spiro atoms. The van der Waals surface area contributed by atoms with Gasteiger partial charge in [0.05, 0.1) is 10.6 Å². The molecule has 0 unspecified atom stereocenters. The van der Waals surface area contributed by atoms with E-state index in [-0.39, 0.29) is 31.4 Å². The van der Waals surface area contributed by atoms with Crippen molar-refractivity contribution in [2.24, 2.45) is 0 Å². The van der Waals surface area contributed by atoms with Crippen LogP contribution in [-0.4, -0.2) is 29.2 Å². The summed E-state index contributed by atoms with van der Waals surface area (Å²) in [6.45, 7) is 2.41. The first-order valence-corrected chi connectivity index (χ1v) is 10.4. The van der Waals surface area contributed by atoms with Crippen molar-refractivity contribution in [2.45, 2.75) is 19.8 Å². The van der Waals surface area contributed by atoms with Gasteiger partial charge in [0.15, 0.2) is 16.6 Å². The number of nitrogens with one attached hydrogen (secondary N) is 2. The van der Waals surface area contributed by atoms with E-state index in [1.54, 1.807) is 18.2 Å². The summed E-state index contributed by atoms with van der Waals surface area (Å²) in [6, 6.07) is 12.2. The molecular formula is C21H20N4O5S. The SMILES string of the molecule is Cc1nc(NC(=O)CCNc2ccccc2[N+](=O)[O-])sc1Cc1ccc2c(c1)OCO2. The highest BCUT2D eigenvalue weighted by Gasteiger charge is 2.16. The molecule has 0 radical (unpaired) electrons. The van der Waals surface area contributed by atoms with E-state index >= 15 is 0 Å². The second-order valence-corrected chi connectivity index (χ2v) is 7.97. The molecule has 0 saturated heterocycles. The fraction of sp³-hybridized carbons (Fsp3) is 0.238. The van der Waals surface area contributed by atoms with Crippen LogP contribution in [0.25, 0.3) is 0 Å². The van der Waals surface area contributed by atoms with Gasteiger partial charge in [-0.1, -0.05) is 18.2 Å². The van der Waals surface area contributed by atoms with E-state index in [1.165, 1.54) is 17.4 Å². The average Bonchev–Trinajstić information content (AvgIpc) is 3.34. The summed E-state index contributed by atoms with van der Waals surface area (Å²) in [5, 5.41) is 17.3. The van der Waals surface area contributed by atoms with Crippen molar-refractivity contribution in [2.75, 3.05) is 24.0 Å². The number of benzene rings is 2.